The van der Waals surface area contributed by atoms with Gasteiger partial charge in [-0.25, -0.2) is 5.01 Å². The summed E-state index contributed by atoms with van der Waals surface area (Å²) in [5.74, 6) is 0.864. The molecule has 1 N–H and O–H groups in total. The number of hydrogen-bond acceptors (Lipinski definition) is 2. The van der Waals surface area contributed by atoms with Gasteiger partial charge in [-0.2, -0.15) is 0 Å². The van der Waals surface area contributed by atoms with Crippen LogP contribution in [0.3, 0.4) is 0 Å². The van der Waals surface area contributed by atoms with Gasteiger partial charge in [0, 0.05) is 17.0 Å². The normalized spacial score (nSPS) is 41.7. The zero-order valence-corrected chi connectivity index (χ0v) is 8.21. The van der Waals surface area contributed by atoms with E-state index in [1.807, 2.05) is 7.05 Å². The molecule has 0 bridgehead atoms. The number of alkyl halides is 1. The Balaban J connectivity index is 2.31. The van der Waals surface area contributed by atoms with Crippen LogP contribution in [0.4, 0.5) is 0 Å². The van der Waals surface area contributed by atoms with Crippen LogP contribution < -0.4 is 5.43 Å². The van der Waals surface area contributed by atoms with Gasteiger partial charge < -0.3 is 0 Å². The van der Waals surface area contributed by atoms with Crippen molar-refractivity contribution in [2.75, 3.05) is 14.1 Å². The second-order valence-corrected chi connectivity index (χ2v) is 4.07. The number of rotatable bonds is 2. The molecule has 1 fully saturated rings. The maximum atomic E-state index is 3.12. The molecule has 1 aliphatic rings. The highest BCUT2D eigenvalue weighted by atomic mass is 127. The third-order valence-electron chi connectivity index (χ3n) is 2.03. The van der Waals surface area contributed by atoms with Crippen molar-refractivity contribution in [3.8, 4) is 0 Å². The maximum absolute atomic E-state index is 3.12. The van der Waals surface area contributed by atoms with Crippen LogP contribution in [0, 0.1) is 5.92 Å². The Hall–Kier alpha value is 0.650. The molecule has 3 unspecified atom stereocenters. The molecule has 0 aliphatic heterocycles. The smallest absolute Gasteiger partial charge is 0.0397 e. The van der Waals surface area contributed by atoms with E-state index in [9.17, 15) is 0 Å². The fourth-order valence-electron chi connectivity index (χ4n) is 1.11. The van der Waals surface area contributed by atoms with Gasteiger partial charge in [-0.05, 0) is 13.0 Å². The molecule has 1 saturated carbocycles. The SMILES string of the molecule is CNN(C)C1C(C)C1I. The first-order valence-corrected chi connectivity index (χ1v) is 4.47. The maximum Gasteiger partial charge on any atom is 0.0397 e. The first kappa shape index (κ1) is 7.75. The van der Waals surface area contributed by atoms with Gasteiger partial charge in [0.25, 0.3) is 0 Å². The summed E-state index contributed by atoms with van der Waals surface area (Å²) in [5.41, 5.74) is 3.12. The highest BCUT2D eigenvalue weighted by Gasteiger charge is 2.47. The van der Waals surface area contributed by atoms with Gasteiger partial charge in [0.15, 0.2) is 0 Å². The van der Waals surface area contributed by atoms with Crippen molar-refractivity contribution in [3.63, 3.8) is 0 Å². The summed E-state index contributed by atoms with van der Waals surface area (Å²) in [5, 5.41) is 2.18. The van der Waals surface area contributed by atoms with Crippen LogP contribution in [-0.4, -0.2) is 29.1 Å². The van der Waals surface area contributed by atoms with Crippen LogP contribution in [0.2, 0.25) is 0 Å². The van der Waals surface area contributed by atoms with Gasteiger partial charge >= 0.3 is 0 Å². The number of nitrogens with one attached hydrogen (secondary N) is 1. The van der Waals surface area contributed by atoms with Gasteiger partial charge in [0.05, 0.1) is 0 Å². The van der Waals surface area contributed by atoms with Crippen molar-refractivity contribution in [2.45, 2.75) is 16.9 Å². The molecule has 1 rings (SSSR count). The van der Waals surface area contributed by atoms with Crippen LogP contribution in [0.5, 0.6) is 0 Å². The first-order chi connectivity index (χ1) is 4.18. The molecule has 0 aromatic rings. The van der Waals surface area contributed by atoms with E-state index in [2.05, 4.69) is 47.0 Å². The lowest BCUT2D eigenvalue weighted by atomic mass is 10.5. The number of hydrogen-bond donors (Lipinski definition) is 1. The van der Waals surface area contributed by atoms with E-state index in [1.165, 1.54) is 0 Å². The second kappa shape index (κ2) is 2.72. The molecule has 0 amide bonds. The van der Waals surface area contributed by atoms with E-state index < -0.39 is 0 Å². The van der Waals surface area contributed by atoms with Crippen LogP contribution >= 0.6 is 22.6 Å². The van der Waals surface area contributed by atoms with Crippen molar-refractivity contribution in [1.29, 1.82) is 0 Å². The van der Waals surface area contributed by atoms with Gasteiger partial charge in [0.2, 0.25) is 0 Å². The zero-order chi connectivity index (χ0) is 7.02. The average Bonchev–Trinajstić information content (AvgIpc) is 2.40. The summed E-state index contributed by atoms with van der Waals surface area (Å²) in [6, 6.07) is 0.760. The van der Waals surface area contributed by atoms with Gasteiger partial charge in [-0.3, -0.25) is 5.43 Å². The number of hydrazine groups is 1. The molecule has 0 saturated heterocycles. The van der Waals surface area contributed by atoms with Gasteiger partial charge in [0.1, 0.15) is 0 Å². The minimum Gasteiger partial charge on any atom is -0.258 e. The Morgan fingerprint density at radius 1 is 1.56 bits per heavy atom. The molecule has 0 aromatic carbocycles. The number of nitrogens with zero attached hydrogens (tertiary/aromatic N) is 1. The van der Waals surface area contributed by atoms with Crippen molar-refractivity contribution < 1.29 is 0 Å². The summed E-state index contributed by atoms with van der Waals surface area (Å²) < 4.78 is 0.847. The predicted molar refractivity (Wildman–Crippen MR) is 47.6 cm³/mol. The average molecular weight is 240 g/mol. The molecule has 54 valence electrons. The lowest BCUT2D eigenvalue weighted by Crippen LogP contribution is -2.34. The molecule has 3 atom stereocenters. The number of halogens is 1. The molecule has 3 heteroatoms. The first-order valence-electron chi connectivity index (χ1n) is 3.22. The summed E-state index contributed by atoms with van der Waals surface area (Å²) in [7, 11) is 4.06. The van der Waals surface area contributed by atoms with Crippen LogP contribution in [0.15, 0.2) is 0 Å². The van der Waals surface area contributed by atoms with Crippen molar-refractivity contribution in [2.24, 2.45) is 5.92 Å². The standard InChI is InChI=1S/C6H13IN2/c1-4-5(7)6(4)9(3)8-2/h4-6,8H,1-3H3. The topological polar surface area (TPSA) is 15.3 Å². The fourth-order valence-corrected chi connectivity index (χ4v) is 2.43. The van der Waals surface area contributed by atoms with Gasteiger partial charge in [-0.1, -0.05) is 29.5 Å². The third-order valence-corrected chi connectivity index (χ3v) is 3.90. The van der Waals surface area contributed by atoms with E-state index in [-0.39, 0.29) is 0 Å². The van der Waals surface area contributed by atoms with Crippen LogP contribution in [0.1, 0.15) is 6.92 Å². The molecule has 9 heavy (non-hydrogen) atoms. The molecular formula is C6H13IN2. The summed E-state index contributed by atoms with van der Waals surface area (Å²) in [4.78, 5) is 0. The van der Waals surface area contributed by atoms with Crippen molar-refractivity contribution in [1.82, 2.24) is 10.4 Å². The predicted octanol–water partition coefficient (Wildman–Crippen LogP) is 0.874. The summed E-state index contributed by atoms with van der Waals surface area (Å²) in [6.45, 7) is 2.29. The zero-order valence-electron chi connectivity index (χ0n) is 6.06. The van der Waals surface area contributed by atoms with Crippen molar-refractivity contribution >= 4 is 22.6 Å². The molecular weight excluding hydrogens is 227 g/mol. The monoisotopic (exact) mass is 240 g/mol. The molecule has 1 aliphatic carbocycles. The Morgan fingerprint density at radius 3 is 2.11 bits per heavy atom. The lowest BCUT2D eigenvalue weighted by Gasteiger charge is -2.13. The summed E-state index contributed by atoms with van der Waals surface area (Å²) >= 11 is 2.50. The Labute approximate surface area is 70.1 Å². The molecule has 0 aromatic heterocycles. The Morgan fingerprint density at radius 2 is 2.00 bits per heavy atom. The lowest BCUT2D eigenvalue weighted by molar-refractivity contribution is 0.241. The van der Waals surface area contributed by atoms with Crippen molar-refractivity contribution in [3.05, 3.63) is 0 Å². The second-order valence-electron chi connectivity index (χ2n) is 2.63. The van der Waals surface area contributed by atoms with E-state index in [0.717, 1.165) is 15.9 Å². The van der Waals surface area contributed by atoms with E-state index in [0.29, 0.717) is 0 Å². The highest BCUT2D eigenvalue weighted by Crippen LogP contribution is 2.40. The Bertz CT molecular complexity index is 99.2. The minimum atomic E-state index is 0.760. The molecule has 0 radical (unpaired) electrons. The molecule has 2 nitrogen and oxygen atoms in total. The largest absolute Gasteiger partial charge is 0.258 e. The third kappa shape index (κ3) is 1.38. The highest BCUT2D eigenvalue weighted by molar-refractivity contribution is 14.1. The quantitative estimate of drug-likeness (QED) is 0.438. The minimum absolute atomic E-state index is 0.760. The van der Waals surface area contributed by atoms with Crippen LogP contribution in [-0.2, 0) is 0 Å². The van der Waals surface area contributed by atoms with E-state index in [4.69, 9.17) is 0 Å². The van der Waals surface area contributed by atoms with Crippen LogP contribution in [0.25, 0.3) is 0 Å². The molecule has 0 spiro atoms. The van der Waals surface area contributed by atoms with E-state index in [1.54, 1.807) is 0 Å². The fraction of sp³-hybridized carbons (Fsp3) is 1.00. The Kier molecular flexibility index (Phi) is 2.34. The van der Waals surface area contributed by atoms with Gasteiger partial charge in [-0.15, -0.1) is 0 Å². The van der Waals surface area contributed by atoms with E-state index >= 15 is 0 Å². The molecule has 0 heterocycles. The summed E-state index contributed by atoms with van der Waals surface area (Å²) in [6.07, 6.45) is 0.